The first-order valence-corrected chi connectivity index (χ1v) is 9.09. The van der Waals surface area contributed by atoms with Crippen molar-refractivity contribution in [2.24, 2.45) is 0 Å². The van der Waals surface area contributed by atoms with Gasteiger partial charge in [-0.1, -0.05) is 42.4 Å². The Hall–Kier alpha value is -1.76. The van der Waals surface area contributed by atoms with Crippen LogP contribution in [0.5, 0.6) is 0 Å². The first-order valence-electron chi connectivity index (χ1n) is 9.09. The molecule has 3 rings (SSSR count). The maximum absolute atomic E-state index is 5.46. The summed E-state index contributed by atoms with van der Waals surface area (Å²) in [5.41, 5.74) is 1.20. The van der Waals surface area contributed by atoms with E-state index < -0.39 is 0 Å². The Kier molecular flexibility index (Phi) is 6.55. The summed E-state index contributed by atoms with van der Waals surface area (Å²) in [7, 11) is 1.76. The molecule has 0 bridgehead atoms. The second-order valence-electron chi connectivity index (χ2n) is 6.59. The number of methoxy groups -OCH3 is 1. The van der Waals surface area contributed by atoms with Gasteiger partial charge in [0.15, 0.2) is 5.82 Å². The van der Waals surface area contributed by atoms with E-state index >= 15 is 0 Å². The number of aromatic nitrogens is 2. The minimum Gasteiger partial charge on any atom is -0.383 e. The van der Waals surface area contributed by atoms with Crippen molar-refractivity contribution in [2.45, 2.75) is 32.4 Å². The van der Waals surface area contributed by atoms with Gasteiger partial charge in [-0.3, -0.25) is 9.80 Å². The molecule has 1 atom stereocenters. The van der Waals surface area contributed by atoms with E-state index in [1.54, 1.807) is 7.11 Å². The van der Waals surface area contributed by atoms with Crippen LogP contribution in [0.4, 0.5) is 0 Å². The second kappa shape index (κ2) is 9.08. The molecular weight excluding hydrogens is 316 g/mol. The molecule has 1 aromatic heterocycles. The fourth-order valence-electron chi connectivity index (χ4n) is 3.39. The Labute approximate surface area is 149 Å². The lowest BCUT2D eigenvalue weighted by atomic mass is 10.1. The summed E-state index contributed by atoms with van der Waals surface area (Å²) in [4.78, 5) is 9.50. The molecular formula is C19H28N4O2. The second-order valence-corrected chi connectivity index (χ2v) is 6.59. The van der Waals surface area contributed by atoms with E-state index in [-0.39, 0.29) is 0 Å². The molecule has 0 spiro atoms. The van der Waals surface area contributed by atoms with Crippen LogP contribution in [-0.4, -0.2) is 65.9 Å². The van der Waals surface area contributed by atoms with Gasteiger partial charge in [0.2, 0.25) is 5.89 Å². The Morgan fingerprint density at radius 2 is 2.08 bits per heavy atom. The molecule has 1 aromatic carbocycles. The van der Waals surface area contributed by atoms with E-state index in [1.165, 1.54) is 5.56 Å². The van der Waals surface area contributed by atoms with Gasteiger partial charge in [0.25, 0.3) is 0 Å². The number of benzene rings is 1. The third kappa shape index (κ3) is 5.11. The molecule has 0 saturated carbocycles. The Bertz CT molecular complexity index is 631. The van der Waals surface area contributed by atoms with Gasteiger partial charge < -0.3 is 9.26 Å². The number of ether oxygens (including phenoxy) is 1. The van der Waals surface area contributed by atoms with Crippen LogP contribution in [0, 0.1) is 0 Å². The van der Waals surface area contributed by atoms with Crippen molar-refractivity contribution < 1.29 is 9.26 Å². The van der Waals surface area contributed by atoms with Crippen molar-refractivity contribution in [1.82, 2.24) is 19.9 Å². The van der Waals surface area contributed by atoms with Gasteiger partial charge >= 0.3 is 0 Å². The predicted molar refractivity (Wildman–Crippen MR) is 96.4 cm³/mol. The summed E-state index contributed by atoms with van der Waals surface area (Å²) in [5.74, 6) is 1.47. The molecule has 0 amide bonds. The minimum atomic E-state index is 0.565. The van der Waals surface area contributed by atoms with Crippen LogP contribution in [0.3, 0.4) is 0 Å². The maximum atomic E-state index is 5.46. The van der Waals surface area contributed by atoms with Crippen LogP contribution in [0.25, 0.3) is 0 Å². The monoisotopic (exact) mass is 344 g/mol. The average Bonchev–Trinajstić information content (AvgIpc) is 3.08. The highest BCUT2D eigenvalue weighted by molar-refractivity contribution is 5.18. The summed E-state index contributed by atoms with van der Waals surface area (Å²) in [6.45, 7) is 7.91. The lowest BCUT2D eigenvalue weighted by molar-refractivity contribution is 0.0423. The van der Waals surface area contributed by atoms with Crippen molar-refractivity contribution in [3.63, 3.8) is 0 Å². The smallest absolute Gasteiger partial charge is 0.240 e. The Morgan fingerprint density at radius 3 is 2.84 bits per heavy atom. The van der Waals surface area contributed by atoms with E-state index in [9.17, 15) is 0 Å². The summed E-state index contributed by atoms with van der Waals surface area (Å²) < 4.78 is 10.7. The van der Waals surface area contributed by atoms with Crippen LogP contribution in [0.15, 0.2) is 34.9 Å². The van der Waals surface area contributed by atoms with E-state index in [1.807, 2.05) is 18.2 Å². The Morgan fingerprint density at radius 1 is 1.24 bits per heavy atom. The van der Waals surface area contributed by atoms with E-state index in [0.29, 0.717) is 18.4 Å². The third-order valence-corrected chi connectivity index (χ3v) is 4.82. The van der Waals surface area contributed by atoms with Gasteiger partial charge in [0.1, 0.15) is 0 Å². The van der Waals surface area contributed by atoms with Gasteiger partial charge in [-0.2, -0.15) is 4.98 Å². The number of piperazine rings is 1. The van der Waals surface area contributed by atoms with Crippen LogP contribution in [-0.2, 0) is 17.7 Å². The summed E-state index contributed by atoms with van der Waals surface area (Å²) in [6.07, 6.45) is 1.86. The molecule has 1 unspecified atom stereocenters. The molecule has 6 nitrogen and oxygen atoms in total. The molecule has 2 aromatic rings. The molecule has 6 heteroatoms. The Balaban J connectivity index is 1.53. The lowest BCUT2D eigenvalue weighted by Gasteiger charge is -2.40. The zero-order valence-electron chi connectivity index (χ0n) is 15.2. The topological polar surface area (TPSA) is 54.6 Å². The molecule has 0 aliphatic carbocycles. The van der Waals surface area contributed by atoms with Gasteiger partial charge in [-0.05, 0) is 12.0 Å². The fraction of sp³-hybridized carbons (Fsp3) is 0.579. The van der Waals surface area contributed by atoms with Crippen LogP contribution < -0.4 is 0 Å². The van der Waals surface area contributed by atoms with Crippen molar-refractivity contribution in [3.8, 4) is 0 Å². The molecule has 2 heterocycles. The van der Waals surface area contributed by atoms with E-state index in [2.05, 4.69) is 39.0 Å². The van der Waals surface area contributed by atoms with Crippen LogP contribution in [0.2, 0.25) is 0 Å². The first-order chi connectivity index (χ1) is 12.3. The molecule has 136 valence electrons. The molecule has 25 heavy (non-hydrogen) atoms. The van der Waals surface area contributed by atoms with Crippen molar-refractivity contribution >= 4 is 0 Å². The summed E-state index contributed by atoms with van der Waals surface area (Å²) in [6, 6.07) is 10.8. The number of nitrogens with zero attached hydrogens (tertiary/aromatic N) is 4. The SMILES string of the molecule is CCC1CN(Cc2nc(Cc3ccccc3)no2)CCN1CCOC. The first kappa shape index (κ1) is 18.0. The highest BCUT2D eigenvalue weighted by atomic mass is 16.5. The predicted octanol–water partition coefficient (Wildman–Crippen LogP) is 2.20. The summed E-state index contributed by atoms with van der Waals surface area (Å²) >= 11 is 0. The highest BCUT2D eigenvalue weighted by Gasteiger charge is 2.26. The molecule has 1 saturated heterocycles. The maximum Gasteiger partial charge on any atom is 0.240 e. The third-order valence-electron chi connectivity index (χ3n) is 4.82. The van der Waals surface area contributed by atoms with Crippen molar-refractivity contribution in [2.75, 3.05) is 39.9 Å². The molecule has 1 aliphatic heterocycles. The van der Waals surface area contributed by atoms with Gasteiger partial charge in [0.05, 0.1) is 13.2 Å². The van der Waals surface area contributed by atoms with Crippen molar-refractivity contribution in [3.05, 3.63) is 47.6 Å². The number of hydrogen-bond donors (Lipinski definition) is 0. The number of hydrogen-bond acceptors (Lipinski definition) is 6. The van der Waals surface area contributed by atoms with Crippen LogP contribution >= 0.6 is 0 Å². The zero-order chi connectivity index (χ0) is 17.5. The van der Waals surface area contributed by atoms with E-state index in [4.69, 9.17) is 9.26 Å². The average molecular weight is 344 g/mol. The number of rotatable bonds is 8. The standard InChI is InChI=1S/C19H28N4O2/c1-3-17-14-22(9-10-23(17)11-12-24-2)15-19-20-18(21-25-19)13-16-7-5-4-6-8-16/h4-8,17H,3,9-15H2,1-2H3. The molecule has 1 aliphatic rings. The molecule has 0 radical (unpaired) electrons. The van der Waals surface area contributed by atoms with Crippen LogP contribution in [0.1, 0.15) is 30.6 Å². The van der Waals surface area contributed by atoms with Gasteiger partial charge in [-0.25, -0.2) is 0 Å². The normalized spacial score (nSPS) is 19.4. The van der Waals surface area contributed by atoms with Crippen molar-refractivity contribution in [1.29, 1.82) is 0 Å². The molecule has 1 fully saturated rings. The zero-order valence-corrected chi connectivity index (χ0v) is 15.2. The largest absolute Gasteiger partial charge is 0.383 e. The lowest BCUT2D eigenvalue weighted by Crippen LogP contribution is -2.53. The minimum absolute atomic E-state index is 0.565. The fourth-order valence-corrected chi connectivity index (χ4v) is 3.39. The summed E-state index contributed by atoms with van der Waals surface area (Å²) in [5, 5.41) is 4.13. The highest BCUT2D eigenvalue weighted by Crippen LogP contribution is 2.15. The quantitative estimate of drug-likeness (QED) is 0.732. The van der Waals surface area contributed by atoms with Gasteiger partial charge in [0, 0.05) is 45.8 Å². The molecule has 0 N–H and O–H groups in total. The van der Waals surface area contributed by atoms with E-state index in [0.717, 1.165) is 51.6 Å². The van der Waals surface area contributed by atoms with Gasteiger partial charge in [-0.15, -0.1) is 0 Å².